The van der Waals surface area contributed by atoms with E-state index in [4.69, 9.17) is 4.74 Å². The van der Waals surface area contributed by atoms with Gasteiger partial charge in [0.05, 0.1) is 17.4 Å². The molecule has 1 aliphatic carbocycles. The fraction of sp³-hybridized carbons (Fsp3) is 0.143. The van der Waals surface area contributed by atoms with Crippen LogP contribution in [0.3, 0.4) is 0 Å². The second kappa shape index (κ2) is 7.26. The SMILES string of the molecule is CC(C)OC(=O)c1ccc(N=C(C#N)C2=C(O)c3ccccc3C2=O)cc1. The van der Waals surface area contributed by atoms with Gasteiger partial charge >= 0.3 is 5.97 Å². The van der Waals surface area contributed by atoms with Crippen molar-refractivity contribution in [1.82, 2.24) is 0 Å². The van der Waals surface area contributed by atoms with Crippen LogP contribution < -0.4 is 0 Å². The maximum atomic E-state index is 12.5. The molecule has 0 atom stereocenters. The third-order valence-electron chi connectivity index (χ3n) is 3.92. The van der Waals surface area contributed by atoms with E-state index in [9.17, 15) is 20.0 Å². The Morgan fingerprint density at radius 2 is 1.74 bits per heavy atom. The third-order valence-corrected chi connectivity index (χ3v) is 3.92. The zero-order valence-electron chi connectivity index (χ0n) is 14.8. The van der Waals surface area contributed by atoms with Crippen molar-refractivity contribution in [2.45, 2.75) is 20.0 Å². The van der Waals surface area contributed by atoms with Crippen LogP contribution >= 0.6 is 0 Å². The number of nitriles is 1. The smallest absolute Gasteiger partial charge is 0.338 e. The number of carbonyl (C=O) groups is 2. The van der Waals surface area contributed by atoms with Gasteiger partial charge in [0.25, 0.3) is 0 Å². The molecule has 1 aliphatic rings. The Morgan fingerprint density at radius 1 is 1.11 bits per heavy atom. The molecular formula is C21H16N2O4. The number of aliphatic hydroxyl groups is 1. The molecule has 6 heteroatoms. The van der Waals surface area contributed by atoms with E-state index in [0.29, 0.717) is 22.4 Å². The second-order valence-corrected chi connectivity index (χ2v) is 6.17. The number of esters is 1. The Hall–Kier alpha value is -3.72. The van der Waals surface area contributed by atoms with Crippen molar-refractivity contribution in [2.75, 3.05) is 0 Å². The molecule has 0 bridgehead atoms. The van der Waals surface area contributed by atoms with Gasteiger partial charge in [-0.1, -0.05) is 24.3 Å². The summed E-state index contributed by atoms with van der Waals surface area (Å²) >= 11 is 0. The van der Waals surface area contributed by atoms with Crippen LogP contribution in [0.25, 0.3) is 5.76 Å². The minimum atomic E-state index is -0.456. The quantitative estimate of drug-likeness (QED) is 0.656. The van der Waals surface area contributed by atoms with Crippen molar-refractivity contribution in [3.8, 4) is 6.07 Å². The van der Waals surface area contributed by atoms with Gasteiger partial charge in [0.2, 0.25) is 0 Å². The van der Waals surface area contributed by atoms with Crippen molar-refractivity contribution in [3.63, 3.8) is 0 Å². The number of ether oxygens (including phenoxy) is 1. The summed E-state index contributed by atoms with van der Waals surface area (Å²) < 4.78 is 5.11. The van der Waals surface area contributed by atoms with Gasteiger partial charge in [0.15, 0.2) is 11.5 Å². The van der Waals surface area contributed by atoms with Crippen molar-refractivity contribution in [1.29, 1.82) is 5.26 Å². The lowest BCUT2D eigenvalue weighted by Gasteiger charge is -2.07. The maximum absolute atomic E-state index is 12.5. The number of Topliss-reactive ketones (excluding diaryl/α,β-unsaturated/α-hetero) is 1. The van der Waals surface area contributed by atoms with Crippen molar-refractivity contribution < 1.29 is 19.4 Å². The Balaban J connectivity index is 1.92. The van der Waals surface area contributed by atoms with E-state index >= 15 is 0 Å². The maximum Gasteiger partial charge on any atom is 0.338 e. The first-order chi connectivity index (χ1) is 12.9. The van der Waals surface area contributed by atoms with Crippen molar-refractivity contribution in [3.05, 3.63) is 70.8 Å². The molecule has 0 aliphatic heterocycles. The van der Waals surface area contributed by atoms with Gasteiger partial charge in [-0.05, 0) is 38.1 Å². The molecule has 0 saturated carbocycles. The standard InChI is InChI=1S/C21H16N2O4/c1-12(2)27-21(26)13-7-9-14(10-8-13)23-17(11-22)18-19(24)15-5-3-4-6-16(15)20(18)25/h3-10,12,24H,1-2H3. The summed E-state index contributed by atoms with van der Waals surface area (Å²) in [5.41, 5.74) is 1.13. The monoisotopic (exact) mass is 360 g/mol. The number of allylic oxidation sites excluding steroid dienone is 1. The van der Waals surface area contributed by atoms with Crippen LogP contribution in [-0.2, 0) is 4.74 Å². The first-order valence-electron chi connectivity index (χ1n) is 8.30. The predicted octanol–water partition coefficient (Wildman–Crippen LogP) is 4.01. The Labute approximate surface area is 156 Å². The molecule has 0 saturated heterocycles. The summed E-state index contributed by atoms with van der Waals surface area (Å²) in [4.78, 5) is 28.6. The molecule has 0 unspecified atom stereocenters. The molecule has 134 valence electrons. The zero-order chi connectivity index (χ0) is 19.6. The van der Waals surface area contributed by atoms with Gasteiger partial charge in [-0.2, -0.15) is 5.26 Å². The molecule has 2 aromatic carbocycles. The van der Waals surface area contributed by atoms with Crippen molar-refractivity contribution >= 4 is 28.9 Å². The lowest BCUT2D eigenvalue weighted by Crippen LogP contribution is -2.11. The number of aliphatic imine (C=N–C) groups is 1. The average Bonchev–Trinajstić information content (AvgIpc) is 2.91. The topological polar surface area (TPSA) is 99.8 Å². The molecule has 0 aromatic heterocycles. The zero-order valence-corrected chi connectivity index (χ0v) is 14.8. The van der Waals surface area contributed by atoms with E-state index in [1.165, 1.54) is 12.1 Å². The number of hydrogen-bond donors (Lipinski definition) is 1. The van der Waals surface area contributed by atoms with Crippen LogP contribution in [0.15, 0.2) is 59.1 Å². The summed E-state index contributed by atoms with van der Waals surface area (Å²) in [7, 11) is 0. The molecule has 0 heterocycles. The second-order valence-electron chi connectivity index (χ2n) is 6.17. The number of aliphatic hydroxyl groups excluding tert-OH is 1. The molecule has 2 aromatic rings. The number of nitrogens with zero attached hydrogens (tertiary/aromatic N) is 2. The van der Waals surface area contributed by atoms with Gasteiger partial charge in [-0.25, -0.2) is 9.79 Å². The Morgan fingerprint density at radius 3 is 2.30 bits per heavy atom. The van der Waals surface area contributed by atoms with Gasteiger partial charge in [0.1, 0.15) is 17.4 Å². The number of hydrogen-bond acceptors (Lipinski definition) is 6. The highest BCUT2D eigenvalue weighted by Crippen LogP contribution is 2.32. The molecule has 6 nitrogen and oxygen atoms in total. The van der Waals surface area contributed by atoms with Gasteiger partial charge < -0.3 is 9.84 Å². The number of fused-ring (bicyclic) bond motifs is 1. The van der Waals surface area contributed by atoms with E-state index < -0.39 is 11.8 Å². The summed E-state index contributed by atoms with van der Waals surface area (Å²) in [5, 5.41) is 19.8. The third kappa shape index (κ3) is 3.48. The number of ketones is 1. The average molecular weight is 360 g/mol. The van der Waals surface area contributed by atoms with Gasteiger partial charge in [0, 0.05) is 11.1 Å². The molecule has 0 fully saturated rings. The summed E-state index contributed by atoms with van der Waals surface area (Å²) in [6.45, 7) is 3.51. The van der Waals surface area contributed by atoms with Crippen LogP contribution in [0.1, 0.15) is 40.1 Å². The lowest BCUT2D eigenvalue weighted by atomic mass is 10.1. The molecular weight excluding hydrogens is 344 g/mol. The minimum Gasteiger partial charge on any atom is -0.506 e. The highest BCUT2D eigenvalue weighted by molar-refractivity contribution is 6.39. The fourth-order valence-electron chi connectivity index (χ4n) is 2.70. The van der Waals surface area contributed by atoms with Crippen LogP contribution in [0, 0.1) is 11.3 Å². The van der Waals surface area contributed by atoms with E-state index in [0.717, 1.165) is 0 Å². The highest BCUT2D eigenvalue weighted by Gasteiger charge is 2.32. The van der Waals surface area contributed by atoms with E-state index in [2.05, 4.69) is 4.99 Å². The van der Waals surface area contributed by atoms with Crippen molar-refractivity contribution in [2.24, 2.45) is 4.99 Å². The summed E-state index contributed by atoms with van der Waals surface area (Å²) in [5.74, 6) is -1.16. The summed E-state index contributed by atoms with van der Waals surface area (Å²) in [6, 6.07) is 14.6. The van der Waals surface area contributed by atoms with E-state index in [1.807, 2.05) is 6.07 Å². The number of rotatable bonds is 4. The first kappa shape index (κ1) is 18.1. The lowest BCUT2D eigenvalue weighted by molar-refractivity contribution is 0.0378. The molecule has 27 heavy (non-hydrogen) atoms. The predicted molar refractivity (Wildman–Crippen MR) is 100 cm³/mol. The number of benzene rings is 2. The highest BCUT2D eigenvalue weighted by atomic mass is 16.5. The molecule has 3 rings (SSSR count). The first-order valence-corrected chi connectivity index (χ1v) is 8.30. The van der Waals surface area contributed by atoms with Crippen LogP contribution in [0.2, 0.25) is 0 Å². The molecule has 0 amide bonds. The Bertz CT molecular complexity index is 1020. The van der Waals surface area contributed by atoms with Crippen LogP contribution in [-0.4, -0.2) is 28.7 Å². The summed E-state index contributed by atoms with van der Waals surface area (Å²) in [6.07, 6.45) is -0.231. The molecule has 1 N–H and O–H groups in total. The Kier molecular flexibility index (Phi) is 4.86. The van der Waals surface area contributed by atoms with E-state index in [1.54, 1.807) is 50.2 Å². The van der Waals surface area contributed by atoms with Gasteiger partial charge in [-0.15, -0.1) is 0 Å². The van der Waals surface area contributed by atoms with Crippen LogP contribution in [0.5, 0.6) is 0 Å². The molecule has 0 radical (unpaired) electrons. The van der Waals surface area contributed by atoms with E-state index in [-0.39, 0.29) is 23.1 Å². The minimum absolute atomic E-state index is 0.123. The normalized spacial score (nSPS) is 13.6. The fourth-order valence-corrected chi connectivity index (χ4v) is 2.70. The number of carbonyl (C=O) groups excluding carboxylic acids is 2. The van der Waals surface area contributed by atoms with Gasteiger partial charge in [-0.3, -0.25) is 4.79 Å². The van der Waals surface area contributed by atoms with Crippen LogP contribution in [0.4, 0.5) is 5.69 Å². The largest absolute Gasteiger partial charge is 0.506 e. The molecule has 0 spiro atoms.